The third-order valence-electron chi connectivity index (χ3n) is 14.1. The molecule has 10 nitrogen and oxygen atoms in total. The smallest absolute Gasteiger partial charge is 0.361 e. The fraction of sp³-hybridized carbons (Fsp3) is 0.429. The highest BCUT2D eigenvalue weighted by Gasteiger charge is 2.53. The Balaban J connectivity index is 1.34. The highest BCUT2D eigenvalue weighted by Crippen LogP contribution is 2.44. The zero-order valence-corrected chi connectivity index (χ0v) is 42.2. The molecule has 0 aliphatic carbocycles. The van der Waals surface area contributed by atoms with Crippen LogP contribution in [0.25, 0.3) is 21.5 Å². The molecule has 0 saturated carbocycles. The van der Waals surface area contributed by atoms with E-state index in [1.165, 1.54) is 25.7 Å². The third kappa shape index (κ3) is 8.41. The molecule has 6 aromatic rings. The molecule has 11 heteroatoms. The average molecular weight is 911 g/mol. The van der Waals surface area contributed by atoms with Gasteiger partial charge in [-0.3, -0.25) is 8.47 Å². The number of nitrogens with zero attached hydrogens (tertiary/aromatic N) is 8. The minimum Gasteiger partial charge on any atom is -0.361 e. The zero-order valence-electron chi connectivity index (χ0n) is 41.2. The van der Waals surface area contributed by atoms with Crippen LogP contribution in [0.5, 0.6) is 0 Å². The Kier molecular flexibility index (Phi) is 12.2. The number of hydrogen-bond donors (Lipinski definition) is 0. The van der Waals surface area contributed by atoms with E-state index in [0.29, 0.717) is 82.8 Å². The molecule has 0 amide bonds. The maximum Gasteiger partial charge on any atom is 0.603 e. The molecule has 0 radical (unpaired) electrons. The van der Waals surface area contributed by atoms with Gasteiger partial charge in [0, 0.05) is 57.0 Å². The van der Waals surface area contributed by atoms with Crippen molar-refractivity contribution in [3.8, 4) is 0 Å². The molecule has 10 rings (SSSR count). The van der Waals surface area contributed by atoms with Crippen molar-refractivity contribution in [2.24, 2.45) is 53.6 Å². The molecular formula is C56H66N8O2Si. The van der Waals surface area contributed by atoms with Gasteiger partial charge in [-0.15, -0.1) is 0 Å². The molecule has 67 heavy (non-hydrogen) atoms. The first-order chi connectivity index (χ1) is 32.3. The van der Waals surface area contributed by atoms with E-state index in [0.717, 1.165) is 91.7 Å². The molecule has 0 fully saturated rings. The second-order valence-corrected chi connectivity index (χ2v) is 23.4. The van der Waals surface area contributed by atoms with Crippen molar-refractivity contribution in [2.45, 2.75) is 121 Å². The van der Waals surface area contributed by atoms with Crippen LogP contribution >= 0.6 is 0 Å². The molecule has 4 aliphatic heterocycles. The molecule has 6 heterocycles. The van der Waals surface area contributed by atoms with Gasteiger partial charge < -0.3 is 8.85 Å². The Bertz CT molecular complexity index is 3180. The molecule has 0 spiro atoms. The lowest BCUT2D eigenvalue weighted by Crippen LogP contribution is -2.64. The van der Waals surface area contributed by atoms with Gasteiger partial charge >= 0.3 is 8.88 Å². The van der Waals surface area contributed by atoms with Crippen molar-refractivity contribution in [3.05, 3.63) is 128 Å². The monoisotopic (exact) mass is 911 g/mol. The number of amidine groups is 4. The predicted octanol–water partition coefficient (Wildman–Crippen LogP) is 12.3. The van der Waals surface area contributed by atoms with Gasteiger partial charge in [-0.05, 0) is 88.5 Å². The Morgan fingerprint density at radius 3 is 1.40 bits per heavy atom. The summed E-state index contributed by atoms with van der Waals surface area (Å²) >= 11 is 0. The van der Waals surface area contributed by atoms with E-state index >= 15 is 0 Å². The summed E-state index contributed by atoms with van der Waals surface area (Å²) in [6.45, 7) is 23.4. The van der Waals surface area contributed by atoms with Crippen LogP contribution in [0.15, 0.2) is 103 Å². The minimum atomic E-state index is -4.18. The topological polar surface area (TPSA) is 102 Å². The summed E-state index contributed by atoms with van der Waals surface area (Å²) in [5.41, 5.74) is 9.65. The fourth-order valence-corrected chi connectivity index (χ4v) is 13.5. The molecule has 4 aliphatic rings. The SMILES string of the molecule is Cc1ccc2c(c1)C1=NC/2=N\c2c3cc(C)ccc3c3n2[Si](OCCC(C)CCCC(C)C)(OCCC(C)CCCC(C)C)n2/c(c4ccc(C)cc4/c2=N/C2=NC(=N\3)/c3cc(C)ccc32)=N\1. The van der Waals surface area contributed by atoms with E-state index in [1.54, 1.807) is 0 Å². The normalized spacial score (nSPS) is 20.3. The van der Waals surface area contributed by atoms with Crippen molar-refractivity contribution in [3.63, 3.8) is 0 Å². The lowest BCUT2D eigenvalue weighted by Gasteiger charge is -2.34. The zero-order chi connectivity index (χ0) is 46.7. The molecule has 0 saturated heterocycles. The van der Waals surface area contributed by atoms with Gasteiger partial charge in [-0.1, -0.05) is 151 Å². The Labute approximate surface area is 396 Å². The predicted molar refractivity (Wildman–Crippen MR) is 277 cm³/mol. The molecule has 2 atom stereocenters. The van der Waals surface area contributed by atoms with Crippen LogP contribution in [0, 0.1) is 51.4 Å². The van der Waals surface area contributed by atoms with Crippen LogP contribution in [0.4, 0.5) is 11.6 Å². The van der Waals surface area contributed by atoms with E-state index in [2.05, 4.69) is 150 Å². The second-order valence-electron chi connectivity index (χ2n) is 20.8. The first-order valence-corrected chi connectivity index (χ1v) is 26.6. The van der Waals surface area contributed by atoms with Crippen LogP contribution < -0.4 is 11.0 Å². The van der Waals surface area contributed by atoms with E-state index in [1.807, 2.05) is 0 Å². The molecule has 2 unspecified atom stereocenters. The number of aryl methyl sites for hydroxylation is 4. The van der Waals surface area contributed by atoms with Gasteiger partial charge in [-0.25, -0.2) is 30.0 Å². The maximum absolute atomic E-state index is 7.90. The van der Waals surface area contributed by atoms with E-state index < -0.39 is 8.88 Å². The quantitative estimate of drug-likeness (QED) is 0.0903. The van der Waals surface area contributed by atoms with Crippen LogP contribution in [0.1, 0.15) is 137 Å². The molecule has 2 aromatic heterocycles. The lowest BCUT2D eigenvalue weighted by atomic mass is 9.98. The summed E-state index contributed by atoms with van der Waals surface area (Å²) in [4.78, 5) is 33.4. The average Bonchev–Trinajstić information content (AvgIpc) is 3.97. The van der Waals surface area contributed by atoms with Crippen molar-refractivity contribution in [2.75, 3.05) is 13.2 Å². The van der Waals surface area contributed by atoms with Gasteiger partial charge in [0.25, 0.3) is 0 Å². The Hall–Kier alpha value is -5.62. The van der Waals surface area contributed by atoms with Gasteiger partial charge in [0.05, 0.1) is 0 Å². The van der Waals surface area contributed by atoms with E-state index in [4.69, 9.17) is 38.8 Å². The Morgan fingerprint density at radius 2 is 0.851 bits per heavy atom. The van der Waals surface area contributed by atoms with Crippen molar-refractivity contribution in [1.29, 1.82) is 0 Å². The standard InChI is InChI=1S/C56H66N8O2Si/c1-33(2)13-11-15-35(5)25-27-65-67(66-28-26-36(6)16-12-14-34(3)4)63-53-43-23-19-39(9)31-47(43)56(63)60-50-42-22-18-38(8)30-46(42)52(58-50)62-54-44-24-20-40(10)32-48(44)55(64(54)67)59-49-41-21-17-37(7)29-45(41)51(57-49)61-53/h17-24,29-36H,11-16,25-28H2,1-10H3/b59-49-,59-55?,60-50?,60-56-,61-51?,61-53-,62-52-,62-54?. The summed E-state index contributed by atoms with van der Waals surface area (Å²) in [7, 11) is -4.18. The first kappa shape index (κ1) is 45.2. The third-order valence-corrected chi connectivity index (χ3v) is 17.2. The number of hydrogen-bond acceptors (Lipinski definition) is 8. The van der Waals surface area contributed by atoms with Crippen LogP contribution in [-0.4, -0.2) is 53.9 Å². The van der Waals surface area contributed by atoms with Crippen LogP contribution in [0.2, 0.25) is 0 Å². The first-order valence-electron chi connectivity index (χ1n) is 24.9. The van der Waals surface area contributed by atoms with E-state index in [-0.39, 0.29) is 0 Å². The van der Waals surface area contributed by atoms with Gasteiger partial charge in [0.15, 0.2) is 23.3 Å². The maximum atomic E-state index is 7.90. The number of benzene rings is 4. The van der Waals surface area contributed by atoms with Crippen molar-refractivity contribution >= 4 is 65.4 Å². The van der Waals surface area contributed by atoms with Gasteiger partial charge in [-0.2, -0.15) is 0 Å². The lowest BCUT2D eigenvalue weighted by molar-refractivity contribution is 0.132. The van der Waals surface area contributed by atoms with E-state index in [9.17, 15) is 0 Å². The second kappa shape index (κ2) is 18.1. The minimum absolute atomic E-state index is 0.445. The van der Waals surface area contributed by atoms with Crippen LogP contribution in [0.3, 0.4) is 0 Å². The fourth-order valence-electron chi connectivity index (χ4n) is 10.2. The molecule has 4 aromatic carbocycles. The summed E-state index contributed by atoms with van der Waals surface area (Å²) in [5, 5.41) is 3.79. The Morgan fingerprint density at radius 1 is 0.418 bits per heavy atom. The number of rotatable bonds is 16. The molecule has 6 bridgehead atoms. The number of aromatic nitrogens is 2. The molecule has 0 N–H and O–H groups in total. The number of aliphatic imine (C=N–C) groups is 4. The van der Waals surface area contributed by atoms with Gasteiger partial charge in [0.2, 0.25) is 0 Å². The summed E-state index contributed by atoms with van der Waals surface area (Å²) in [5.74, 6) is 6.07. The van der Waals surface area contributed by atoms with Crippen LogP contribution in [-0.2, 0) is 8.85 Å². The van der Waals surface area contributed by atoms with Crippen molar-refractivity contribution < 1.29 is 8.85 Å². The summed E-state index contributed by atoms with van der Waals surface area (Å²) in [6.07, 6.45) is 8.82. The molecule has 346 valence electrons. The molecular weight excluding hydrogens is 845 g/mol. The highest BCUT2D eigenvalue weighted by atomic mass is 28.4. The van der Waals surface area contributed by atoms with Crippen molar-refractivity contribution in [1.82, 2.24) is 8.47 Å². The largest absolute Gasteiger partial charge is 0.603 e. The highest BCUT2D eigenvalue weighted by molar-refractivity contribution is 6.66. The van der Waals surface area contributed by atoms with Gasteiger partial charge in [0.1, 0.15) is 22.6 Å². The summed E-state index contributed by atoms with van der Waals surface area (Å²) in [6, 6.07) is 26.1. The number of fused-ring (bicyclic) bond motifs is 14. The summed E-state index contributed by atoms with van der Waals surface area (Å²) < 4.78 is 20.3.